The number of benzene rings is 2. The van der Waals surface area contributed by atoms with Crippen molar-refractivity contribution in [3.8, 4) is 5.75 Å². The summed E-state index contributed by atoms with van der Waals surface area (Å²) in [5, 5.41) is 4.48. The Morgan fingerprint density at radius 2 is 1.77 bits per heavy atom. The summed E-state index contributed by atoms with van der Waals surface area (Å²) in [4.78, 5) is 42.6. The van der Waals surface area contributed by atoms with Crippen LogP contribution in [0.5, 0.6) is 5.75 Å². The first-order chi connectivity index (χ1) is 17.0. The van der Waals surface area contributed by atoms with Gasteiger partial charge in [0.1, 0.15) is 10.3 Å². The summed E-state index contributed by atoms with van der Waals surface area (Å²) < 4.78 is 7.88. The Hall–Kier alpha value is -3.49. The number of fused-ring (bicyclic) bond motifs is 3. The maximum atomic E-state index is 13.8. The van der Waals surface area contributed by atoms with Crippen LogP contribution in [0.1, 0.15) is 32.9 Å². The molecule has 1 amide bonds. The molecule has 2 aromatic heterocycles. The number of para-hydroxylation sites is 1. The van der Waals surface area contributed by atoms with Crippen molar-refractivity contribution in [3.05, 3.63) is 75.4 Å². The lowest BCUT2D eigenvalue weighted by Gasteiger charge is -2.31. The van der Waals surface area contributed by atoms with Gasteiger partial charge >= 0.3 is 0 Å². The summed E-state index contributed by atoms with van der Waals surface area (Å²) >= 11 is 1.29. The van der Waals surface area contributed by atoms with Gasteiger partial charge in [-0.25, -0.2) is 0 Å². The van der Waals surface area contributed by atoms with Crippen LogP contribution in [0, 0.1) is 0 Å². The van der Waals surface area contributed by atoms with E-state index in [0.717, 1.165) is 31.3 Å². The summed E-state index contributed by atoms with van der Waals surface area (Å²) in [5.41, 5.74) is 0.865. The van der Waals surface area contributed by atoms with E-state index in [4.69, 9.17) is 4.74 Å². The Labute approximate surface area is 206 Å². The molecule has 180 valence electrons. The lowest BCUT2D eigenvalue weighted by Crippen LogP contribution is -2.43. The quantitative estimate of drug-likeness (QED) is 0.415. The molecular weight excluding hydrogens is 462 g/mol. The first-order valence-electron chi connectivity index (χ1n) is 11.7. The Bertz CT molecular complexity index is 1470. The maximum Gasteiger partial charge on any atom is 0.267 e. The highest BCUT2D eigenvalue weighted by Crippen LogP contribution is 2.40. The van der Waals surface area contributed by atoms with Gasteiger partial charge < -0.3 is 15.0 Å². The number of nitrogens with zero attached hydrogens (tertiary/aromatic N) is 2. The highest BCUT2D eigenvalue weighted by molar-refractivity contribution is 7.22. The summed E-state index contributed by atoms with van der Waals surface area (Å²) in [5.74, 6) is -0.0221. The molecule has 0 aliphatic carbocycles. The first kappa shape index (κ1) is 23.3. The van der Waals surface area contributed by atoms with Crippen molar-refractivity contribution in [1.29, 1.82) is 0 Å². The third-order valence-electron chi connectivity index (χ3n) is 6.74. The van der Waals surface area contributed by atoms with Crippen molar-refractivity contribution in [2.45, 2.75) is 25.4 Å². The number of carbonyl (C=O) groups excluding carboxylic acids is 2. The number of hydrogen-bond acceptors (Lipinski definition) is 6. The lowest BCUT2D eigenvalue weighted by molar-refractivity contribution is 0.0705. The van der Waals surface area contributed by atoms with Gasteiger partial charge in [0.15, 0.2) is 11.5 Å². The molecule has 0 saturated carbocycles. The zero-order valence-corrected chi connectivity index (χ0v) is 20.6. The number of ketones is 1. The van der Waals surface area contributed by atoms with Crippen LogP contribution < -0.4 is 15.6 Å². The number of piperidine rings is 1. The smallest absolute Gasteiger partial charge is 0.267 e. The Kier molecular flexibility index (Phi) is 6.40. The molecule has 0 bridgehead atoms. The fourth-order valence-corrected chi connectivity index (χ4v) is 6.09. The molecule has 0 spiro atoms. The summed E-state index contributed by atoms with van der Waals surface area (Å²) in [6, 6.07) is 16.6. The van der Waals surface area contributed by atoms with E-state index in [9.17, 15) is 14.4 Å². The minimum atomic E-state index is -0.334. The Morgan fingerprint density at radius 1 is 1.09 bits per heavy atom. The molecule has 8 heteroatoms. The molecule has 5 rings (SSSR count). The fraction of sp³-hybridized carbons (Fsp3) is 0.296. The number of thiophene rings is 1. The van der Waals surface area contributed by atoms with E-state index < -0.39 is 0 Å². The standard InChI is InChI=1S/C27H27N3O4S/c1-29(18-12-14-28-15-13-18)27(33)25-23(34-2)22-24(35-25)19-10-6-7-11-20(19)30(26(22)32)16-21(31)17-8-4-3-5-9-17/h3-11,18,28H,12-16H2,1-2H3. The van der Waals surface area contributed by atoms with Gasteiger partial charge in [-0.05, 0) is 32.0 Å². The minimum Gasteiger partial charge on any atom is -0.494 e. The average Bonchev–Trinajstić information content (AvgIpc) is 3.31. The normalized spacial score (nSPS) is 14.3. The van der Waals surface area contributed by atoms with Gasteiger partial charge in [0.2, 0.25) is 0 Å². The number of rotatable bonds is 6. The molecule has 35 heavy (non-hydrogen) atoms. The highest BCUT2D eigenvalue weighted by Gasteiger charge is 2.30. The third-order valence-corrected chi connectivity index (χ3v) is 7.93. The summed E-state index contributed by atoms with van der Waals surface area (Å²) in [6.45, 7) is 1.64. The Morgan fingerprint density at radius 3 is 2.49 bits per heavy atom. The number of Topliss-reactive ketones (excluding diaryl/α,β-unsaturated/α-hetero) is 1. The number of amides is 1. The van der Waals surface area contributed by atoms with Gasteiger partial charge in [0, 0.05) is 24.0 Å². The van der Waals surface area contributed by atoms with Crippen LogP contribution in [0.15, 0.2) is 59.4 Å². The number of ether oxygens (including phenoxy) is 1. The van der Waals surface area contributed by atoms with Gasteiger partial charge in [0.25, 0.3) is 11.5 Å². The molecule has 1 fully saturated rings. The molecule has 0 radical (unpaired) electrons. The van der Waals surface area contributed by atoms with Gasteiger partial charge in [-0.2, -0.15) is 0 Å². The SMILES string of the molecule is COc1c(C(=O)N(C)C2CCNCC2)sc2c1c(=O)n(CC(=O)c1ccccc1)c1ccccc21. The van der Waals surface area contributed by atoms with E-state index in [2.05, 4.69) is 5.32 Å². The molecule has 1 aliphatic rings. The highest BCUT2D eigenvalue weighted by atomic mass is 32.1. The molecular formula is C27H27N3O4S. The van der Waals surface area contributed by atoms with E-state index in [1.165, 1.54) is 23.0 Å². The van der Waals surface area contributed by atoms with E-state index >= 15 is 0 Å². The molecule has 2 aromatic carbocycles. The van der Waals surface area contributed by atoms with Crippen LogP contribution >= 0.6 is 11.3 Å². The van der Waals surface area contributed by atoms with Gasteiger partial charge in [-0.1, -0.05) is 48.5 Å². The second kappa shape index (κ2) is 9.64. The molecule has 7 nitrogen and oxygen atoms in total. The largest absolute Gasteiger partial charge is 0.494 e. The van der Waals surface area contributed by atoms with Crippen LogP contribution in [0.3, 0.4) is 0 Å². The van der Waals surface area contributed by atoms with Crippen molar-refractivity contribution < 1.29 is 14.3 Å². The molecule has 0 atom stereocenters. The number of carbonyl (C=O) groups is 2. The number of pyridine rings is 1. The molecule has 1 N–H and O–H groups in total. The molecule has 3 heterocycles. The summed E-state index contributed by atoms with van der Waals surface area (Å²) in [7, 11) is 3.30. The first-order valence-corrected chi connectivity index (χ1v) is 12.5. The van der Waals surface area contributed by atoms with Crippen molar-refractivity contribution in [1.82, 2.24) is 14.8 Å². The van der Waals surface area contributed by atoms with Crippen molar-refractivity contribution in [2.75, 3.05) is 27.2 Å². The van der Waals surface area contributed by atoms with E-state index in [1.807, 2.05) is 37.4 Å². The monoisotopic (exact) mass is 489 g/mol. The van der Waals surface area contributed by atoms with E-state index in [-0.39, 0.29) is 35.6 Å². The van der Waals surface area contributed by atoms with Crippen LogP contribution in [0.4, 0.5) is 0 Å². The average molecular weight is 490 g/mol. The van der Waals surface area contributed by atoms with Crippen LogP contribution in [0.2, 0.25) is 0 Å². The molecule has 0 unspecified atom stereocenters. The zero-order chi connectivity index (χ0) is 24.5. The van der Waals surface area contributed by atoms with Crippen LogP contribution in [-0.4, -0.2) is 54.4 Å². The molecule has 1 aliphatic heterocycles. The Balaban J connectivity index is 1.66. The second-order valence-corrected chi connectivity index (χ2v) is 9.78. The van der Waals surface area contributed by atoms with E-state index in [1.54, 1.807) is 29.2 Å². The van der Waals surface area contributed by atoms with Crippen molar-refractivity contribution >= 4 is 44.0 Å². The molecule has 4 aromatic rings. The van der Waals surface area contributed by atoms with Gasteiger partial charge in [-0.15, -0.1) is 11.3 Å². The number of nitrogens with one attached hydrogen (secondary N) is 1. The van der Waals surface area contributed by atoms with Gasteiger partial charge in [-0.3, -0.25) is 19.0 Å². The van der Waals surface area contributed by atoms with Crippen molar-refractivity contribution in [3.63, 3.8) is 0 Å². The van der Waals surface area contributed by atoms with Crippen LogP contribution in [-0.2, 0) is 6.54 Å². The maximum absolute atomic E-state index is 13.8. The topological polar surface area (TPSA) is 80.6 Å². The number of aromatic nitrogens is 1. The van der Waals surface area contributed by atoms with Crippen molar-refractivity contribution in [2.24, 2.45) is 0 Å². The minimum absolute atomic E-state index is 0.101. The predicted molar refractivity (Wildman–Crippen MR) is 139 cm³/mol. The zero-order valence-electron chi connectivity index (χ0n) is 19.7. The number of methoxy groups -OCH3 is 1. The predicted octanol–water partition coefficient (Wildman–Crippen LogP) is 3.93. The van der Waals surface area contributed by atoms with Crippen LogP contribution in [0.25, 0.3) is 21.0 Å². The molecule has 1 saturated heterocycles. The number of hydrogen-bond donors (Lipinski definition) is 1. The lowest BCUT2D eigenvalue weighted by atomic mass is 10.1. The third kappa shape index (κ3) is 4.13. The van der Waals surface area contributed by atoms with E-state index in [0.29, 0.717) is 26.0 Å². The fourth-order valence-electron chi connectivity index (χ4n) is 4.82. The van der Waals surface area contributed by atoms with Gasteiger partial charge in [0.05, 0.1) is 23.9 Å². The second-order valence-electron chi connectivity index (χ2n) is 8.76. The summed E-state index contributed by atoms with van der Waals surface area (Å²) in [6.07, 6.45) is 1.76.